The Morgan fingerprint density at radius 2 is 1.89 bits per heavy atom. The van der Waals surface area contributed by atoms with Gasteiger partial charge < -0.3 is 20.1 Å². The van der Waals surface area contributed by atoms with Crippen LogP contribution in [0.3, 0.4) is 0 Å². The fourth-order valence-corrected chi connectivity index (χ4v) is 2.47. The van der Waals surface area contributed by atoms with Gasteiger partial charge in [0.25, 0.3) is 11.8 Å². The SMILES string of the molecule is C=CCOc1ccc(C(=O)Nc2ccc(C(=O)NCCOC)c(Cl)c2)cc1. The minimum Gasteiger partial charge on any atom is -0.490 e. The Bertz CT molecular complexity index is 806. The number of halogens is 1. The lowest BCUT2D eigenvalue weighted by Gasteiger charge is -2.10. The molecule has 6 nitrogen and oxygen atoms in total. The van der Waals surface area contributed by atoms with Gasteiger partial charge in [-0.25, -0.2) is 0 Å². The van der Waals surface area contributed by atoms with Gasteiger partial charge in [-0.2, -0.15) is 0 Å². The van der Waals surface area contributed by atoms with Gasteiger partial charge in [-0.1, -0.05) is 24.3 Å². The molecule has 142 valence electrons. The minimum atomic E-state index is -0.301. The molecule has 0 radical (unpaired) electrons. The first kappa shape index (κ1) is 20.5. The number of anilines is 1. The van der Waals surface area contributed by atoms with Gasteiger partial charge in [0.1, 0.15) is 12.4 Å². The van der Waals surface area contributed by atoms with Crippen molar-refractivity contribution in [1.29, 1.82) is 0 Å². The lowest BCUT2D eigenvalue weighted by atomic mass is 10.1. The number of ether oxygens (including phenoxy) is 2. The summed E-state index contributed by atoms with van der Waals surface area (Å²) in [5.74, 6) is 0.0574. The van der Waals surface area contributed by atoms with Crippen molar-refractivity contribution in [3.63, 3.8) is 0 Å². The molecule has 0 saturated carbocycles. The van der Waals surface area contributed by atoms with E-state index >= 15 is 0 Å². The summed E-state index contributed by atoms with van der Waals surface area (Å²) in [6.45, 7) is 4.78. The Morgan fingerprint density at radius 1 is 1.15 bits per heavy atom. The van der Waals surface area contributed by atoms with Crippen LogP contribution in [0.1, 0.15) is 20.7 Å². The van der Waals surface area contributed by atoms with Crippen molar-refractivity contribution in [1.82, 2.24) is 5.32 Å². The van der Waals surface area contributed by atoms with E-state index in [4.69, 9.17) is 21.1 Å². The fourth-order valence-electron chi connectivity index (χ4n) is 2.20. The molecule has 0 fully saturated rings. The largest absolute Gasteiger partial charge is 0.490 e. The molecule has 0 aliphatic carbocycles. The van der Waals surface area contributed by atoms with Crippen LogP contribution in [0.5, 0.6) is 5.75 Å². The first-order valence-corrected chi connectivity index (χ1v) is 8.64. The van der Waals surface area contributed by atoms with Gasteiger partial charge in [-0.05, 0) is 42.5 Å². The van der Waals surface area contributed by atoms with E-state index in [0.717, 1.165) is 0 Å². The summed E-state index contributed by atoms with van der Waals surface area (Å²) in [5.41, 5.74) is 1.29. The van der Waals surface area contributed by atoms with Crippen molar-refractivity contribution in [3.8, 4) is 5.75 Å². The van der Waals surface area contributed by atoms with Crippen molar-refractivity contribution < 1.29 is 19.1 Å². The van der Waals surface area contributed by atoms with Crippen LogP contribution in [0, 0.1) is 0 Å². The molecule has 0 aliphatic heterocycles. The second-order valence-electron chi connectivity index (χ2n) is 5.52. The number of amides is 2. The van der Waals surface area contributed by atoms with E-state index in [1.54, 1.807) is 49.6 Å². The van der Waals surface area contributed by atoms with Crippen molar-refractivity contribution in [3.05, 3.63) is 71.3 Å². The van der Waals surface area contributed by atoms with Gasteiger partial charge >= 0.3 is 0 Å². The number of rotatable bonds is 9. The van der Waals surface area contributed by atoms with Gasteiger partial charge in [-0.15, -0.1) is 0 Å². The third-order valence-corrected chi connectivity index (χ3v) is 3.86. The summed E-state index contributed by atoms with van der Waals surface area (Å²) in [4.78, 5) is 24.4. The average Bonchev–Trinajstić information content (AvgIpc) is 2.67. The number of benzene rings is 2. The molecular formula is C20H21ClN2O4. The summed E-state index contributed by atoms with van der Waals surface area (Å²) in [6.07, 6.45) is 1.64. The Hall–Kier alpha value is -2.83. The summed E-state index contributed by atoms with van der Waals surface area (Å²) >= 11 is 6.17. The number of carbonyl (C=O) groups is 2. The van der Waals surface area contributed by atoms with E-state index in [9.17, 15) is 9.59 Å². The highest BCUT2D eigenvalue weighted by Crippen LogP contribution is 2.22. The molecule has 2 amide bonds. The van der Waals surface area contributed by atoms with Gasteiger partial charge in [0, 0.05) is 24.9 Å². The molecule has 27 heavy (non-hydrogen) atoms. The molecule has 0 unspecified atom stereocenters. The Kier molecular flexibility index (Phi) is 7.85. The molecule has 0 spiro atoms. The van der Waals surface area contributed by atoms with Crippen LogP contribution < -0.4 is 15.4 Å². The first-order valence-electron chi connectivity index (χ1n) is 8.27. The minimum absolute atomic E-state index is 0.246. The first-order chi connectivity index (χ1) is 13.0. The standard InChI is InChI=1S/C20H21ClN2O4/c1-3-11-27-16-7-4-14(5-8-16)19(24)23-15-6-9-17(18(21)13-15)20(25)22-10-12-26-2/h3-9,13H,1,10-12H2,2H3,(H,22,25)(H,23,24). The molecule has 7 heteroatoms. The van der Waals surface area contributed by atoms with Gasteiger partial charge in [-0.3, -0.25) is 9.59 Å². The van der Waals surface area contributed by atoms with E-state index in [1.807, 2.05) is 0 Å². The second-order valence-corrected chi connectivity index (χ2v) is 5.93. The van der Waals surface area contributed by atoms with E-state index in [2.05, 4.69) is 17.2 Å². The number of methoxy groups -OCH3 is 1. The van der Waals surface area contributed by atoms with E-state index in [1.165, 1.54) is 6.07 Å². The van der Waals surface area contributed by atoms with E-state index < -0.39 is 0 Å². The fraction of sp³-hybridized carbons (Fsp3) is 0.200. The third-order valence-electron chi connectivity index (χ3n) is 3.55. The monoisotopic (exact) mass is 388 g/mol. The summed E-state index contributed by atoms with van der Waals surface area (Å²) in [7, 11) is 1.55. The second kappa shape index (κ2) is 10.4. The number of hydrogen-bond acceptors (Lipinski definition) is 4. The Morgan fingerprint density at radius 3 is 2.52 bits per heavy atom. The van der Waals surface area contributed by atoms with E-state index in [-0.39, 0.29) is 16.8 Å². The topological polar surface area (TPSA) is 76.7 Å². The van der Waals surface area contributed by atoms with Crippen LogP contribution in [-0.2, 0) is 4.74 Å². The average molecular weight is 389 g/mol. The van der Waals surface area contributed by atoms with Crippen LogP contribution in [0.25, 0.3) is 0 Å². The van der Waals surface area contributed by atoms with Gasteiger partial charge in [0.15, 0.2) is 0 Å². The van der Waals surface area contributed by atoms with Gasteiger partial charge in [0.05, 0.1) is 17.2 Å². The molecule has 2 aromatic carbocycles. The molecule has 2 aromatic rings. The van der Waals surface area contributed by atoms with Crippen molar-refractivity contribution >= 4 is 29.1 Å². The lowest BCUT2D eigenvalue weighted by Crippen LogP contribution is -2.27. The maximum absolute atomic E-state index is 12.3. The maximum Gasteiger partial charge on any atom is 0.255 e. The molecule has 0 atom stereocenters. The van der Waals surface area contributed by atoms with Crippen molar-refractivity contribution in [2.75, 3.05) is 32.2 Å². The summed E-state index contributed by atoms with van der Waals surface area (Å²) < 4.78 is 10.3. The molecule has 0 heterocycles. The molecule has 0 bridgehead atoms. The highest BCUT2D eigenvalue weighted by Gasteiger charge is 2.12. The molecule has 0 aliphatic rings. The molecule has 2 N–H and O–H groups in total. The molecular weight excluding hydrogens is 368 g/mol. The molecule has 2 rings (SSSR count). The summed E-state index contributed by atoms with van der Waals surface area (Å²) in [5, 5.41) is 5.69. The predicted molar refractivity (Wildman–Crippen MR) is 106 cm³/mol. The molecule has 0 saturated heterocycles. The molecule has 0 aromatic heterocycles. The lowest BCUT2D eigenvalue weighted by molar-refractivity contribution is 0.0936. The number of nitrogens with one attached hydrogen (secondary N) is 2. The Labute approximate surface area is 163 Å². The number of hydrogen-bond donors (Lipinski definition) is 2. The smallest absolute Gasteiger partial charge is 0.255 e. The highest BCUT2D eigenvalue weighted by atomic mass is 35.5. The van der Waals surface area contributed by atoms with Crippen LogP contribution >= 0.6 is 11.6 Å². The Balaban J connectivity index is 2.00. The number of carbonyl (C=O) groups excluding carboxylic acids is 2. The van der Waals surface area contributed by atoms with Crippen molar-refractivity contribution in [2.45, 2.75) is 0 Å². The zero-order chi connectivity index (χ0) is 19.6. The predicted octanol–water partition coefficient (Wildman–Crippen LogP) is 3.53. The van der Waals surface area contributed by atoms with Gasteiger partial charge in [0.2, 0.25) is 0 Å². The third kappa shape index (κ3) is 6.13. The zero-order valence-corrected chi connectivity index (χ0v) is 15.7. The zero-order valence-electron chi connectivity index (χ0n) is 15.0. The quantitative estimate of drug-likeness (QED) is 0.509. The van der Waals surface area contributed by atoms with Crippen LogP contribution in [0.2, 0.25) is 5.02 Å². The van der Waals surface area contributed by atoms with Crippen LogP contribution in [0.4, 0.5) is 5.69 Å². The maximum atomic E-state index is 12.3. The van der Waals surface area contributed by atoms with E-state index in [0.29, 0.717) is 42.3 Å². The highest BCUT2D eigenvalue weighted by molar-refractivity contribution is 6.34. The van der Waals surface area contributed by atoms with Crippen LogP contribution in [0.15, 0.2) is 55.1 Å². The summed E-state index contributed by atoms with van der Waals surface area (Å²) in [6, 6.07) is 11.5. The van der Waals surface area contributed by atoms with Crippen molar-refractivity contribution in [2.24, 2.45) is 0 Å². The van der Waals surface area contributed by atoms with Crippen LogP contribution in [-0.4, -0.2) is 38.7 Å². The normalized spacial score (nSPS) is 10.1.